The second-order valence-electron chi connectivity index (χ2n) is 14.6. The Labute approximate surface area is 314 Å². The molecule has 7 rings (SSSR count). The van der Waals surface area contributed by atoms with Crippen LogP contribution in [0, 0.1) is 6.92 Å². The van der Waals surface area contributed by atoms with Crippen molar-refractivity contribution in [2.24, 2.45) is 0 Å². The number of phenols is 2. The third-order valence-electron chi connectivity index (χ3n) is 10.6. The number of nitrogens with one attached hydrogen (secondary N) is 2. The zero-order valence-electron chi connectivity index (χ0n) is 30.5. The van der Waals surface area contributed by atoms with Crippen LogP contribution in [-0.4, -0.2) is 108 Å². The molecule has 292 valence electrons. The number of rotatable bonds is 14. The number of aliphatic hydroxyl groups excluding tert-OH is 4. The summed E-state index contributed by atoms with van der Waals surface area (Å²) in [6, 6.07) is 12.2. The fourth-order valence-corrected chi connectivity index (χ4v) is 7.40. The van der Waals surface area contributed by atoms with Crippen molar-refractivity contribution in [3.05, 3.63) is 94.2 Å². The second kappa shape index (κ2) is 14.9. The van der Waals surface area contributed by atoms with Gasteiger partial charge >= 0.3 is 0 Å². The number of hydrogen-bond acceptors (Lipinski definition) is 13. The molecule has 0 bridgehead atoms. The topological polar surface area (TPSA) is 232 Å². The summed E-state index contributed by atoms with van der Waals surface area (Å²) in [5.74, 6) is 0.710. The maximum Gasteiger partial charge on any atom is 0.193 e. The fraction of sp³-hybridized carbons (Fsp3) is 0.375. The molecule has 15 heteroatoms. The first-order chi connectivity index (χ1) is 26.2. The number of hydrogen-bond donors (Lipinski definition) is 9. The van der Waals surface area contributed by atoms with E-state index in [0.29, 0.717) is 63.0 Å². The van der Waals surface area contributed by atoms with E-state index < -0.39 is 55.3 Å². The summed E-state index contributed by atoms with van der Waals surface area (Å²) < 4.78 is 14.9. The Hall–Kier alpha value is -4.97. The van der Waals surface area contributed by atoms with Crippen molar-refractivity contribution in [3.63, 3.8) is 0 Å². The van der Waals surface area contributed by atoms with E-state index in [0.717, 1.165) is 10.9 Å². The largest absolute Gasteiger partial charge is 0.508 e. The van der Waals surface area contributed by atoms with Gasteiger partial charge in [0.05, 0.1) is 17.5 Å². The lowest BCUT2D eigenvalue weighted by Gasteiger charge is -2.43. The van der Waals surface area contributed by atoms with Gasteiger partial charge in [-0.15, -0.1) is 0 Å². The molecule has 1 aliphatic rings. The molecule has 0 radical (unpaired) electrons. The maximum atomic E-state index is 13.4. The molecule has 55 heavy (non-hydrogen) atoms. The third kappa shape index (κ3) is 7.16. The average molecular weight is 760 g/mol. The quantitative estimate of drug-likeness (QED) is 0.0575. The molecule has 0 fully saturated rings. The Balaban J connectivity index is 1.25. The highest BCUT2D eigenvalue weighted by Crippen LogP contribution is 2.44. The van der Waals surface area contributed by atoms with Crippen LogP contribution in [0.25, 0.3) is 38.3 Å². The number of fused-ring (bicyclic) bond motifs is 4. The van der Waals surface area contributed by atoms with E-state index in [1.165, 1.54) is 36.4 Å². The predicted molar refractivity (Wildman–Crippen MR) is 202 cm³/mol. The first kappa shape index (κ1) is 38.3. The summed E-state index contributed by atoms with van der Waals surface area (Å²) in [5.41, 5.74) is -0.952. The maximum absolute atomic E-state index is 13.4. The zero-order chi connectivity index (χ0) is 39.2. The predicted octanol–water partition coefficient (Wildman–Crippen LogP) is 2.61. The Bertz CT molecular complexity index is 2380. The molecular weight excluding hydrogens is 714 g/mol. The number of aliphatic hydroxyl groups is 5. The van der Waals surface area contributed by atoms with Gasteiger partial charge in [-0.1, -0.05) is 6.07 Å². The molecule has 0 saturated heterocycles. The fourth-order valence-electron chi connectivity index (χ4n) is 7.40. The summed E-state index contributed by atoms with van der Waals surface area (Å²) in [6.07, 6.45) is -0.939. The summed E-state index contributed by atoms with van der Waals surface area (Å²) in [4.78, 5) is 28.4. The lowest BCUT2D eigenvalue weighted by molar-refractivity contribution is -0.371. The van der Waals surface area contributed by atoms with Crippen LogP contribution in [-0.2, 0) is 22.6 Å². The Morgan fingerprint density at radius 2 is 1.87 bits per heavy atom. The van der Waals surface area contributed by atoms with Gasteiger partial charge in [0, 0.05) is 60.3 Å². The van der Waals surface area contributed by atoms with Crippen LogP contribution in [0.2, 0.25) is 0 Å². The van der Waals surface area contributed by atoms with E-state index in [1.807, 2.05) is 36.1 Å². The lowest BCUT2D eigenvalue weighted by atomic mass is 9.84. The lowest BCUT2D eigenvalue weighted by Crippen LogP contribution is -2.58. The average Bonchev–Trinajstić information content (AvgIpc) is 3.77. The number of aromatic nitrogens is 2. The highest BCUT2D eigenvalue weighted by molar-refractivity contribution is 5.92. The molecule has 0 spiro atoms. The summed E-state index contributed by atoms with van der Waals surface area (Å²) in [7, 11) is 1.80. The van der Waals surface area contributed by atoms with Gasteiger partial charge in [-0.2, -0.15) is 0 Å². The van der Waals surface area contributed by atoms with Gasteiger partial charge in [-0.3, -0.25) is 4.79 Å². The minimum atomic E-state index is -2.36. The van der Waals surface area contributed by atoms with Crippen molar-refractivity contribution < 1.29 is 54.7 Å². The number of aryl methyl sites for hydroxylation is 1. The smallest absolute Gasteiger partial charge is 0.193 e. The van der Waals surface area contributed by atoms with Crippen molar-refractivity contribution >= 4 is 32.6 Å². The zero-order valence-corrected chi connectivity index (χ0v) is 30.5. The van der Waals surface area contributed by atoms with E-state index in [1.54, 1.807) is 20.0 Å². The first-order valence-electron chi connectivity index (χ1n) is 17.9. The van der Waals surface area contributed by atoms with Gasteiger partial charge in [0.15, 0.2) is 16.8 Å². The van der Waals surface area contributed by atoms with Crippen molar-refractivity contribution in [1.29, 1.82) is 0 Å². The Morgan fingerprint density at radius 3 is 2.62 bits per heavy atom. The van der Waals surface area contributed by atoms with Crippen LogP contribution in [0.15, 0.2) is 76.3 Å². The molecule has 3 aromatic heterocycles. The molecule has 3 aromatic carbocycles. The van der Waals surface area contributed by atoms with Crippen molar-refractivity contribution in [2.45, 2.75) is 68.7 Å². The molecule has 6 atom stereocenters. The van der Waals surface area contributed by atoms with Crippen LogP contribution in [0.5, 0.6) is 17.2 Å². The molecule has 4 heterocycles. The molecule has 6 aromatic rings. The van der Waals surface area contributed by atoms with E-state index in [9.17, 15) is 40.5 Å². The van der Waals surface area contributed by atoms with E-state index >= 15 is 0 Å². The summed E-state index contributed by atoms with van der Waals surface area (Å²) >= 11 is 0. The minimum Gasteiger partial charge on any atom is -0.508 e. The minimum absolute atomic E-state index is 0.0881. The SMILES string of the molecule is CNCC[C@]1(C)Oc2c(cc3c(=O)cc(C)oc3c2-n2cc3cc[nH]c3c2)C[C@H]1OOC[C@@](O)(Cc1ccc(O)c2ccc(O)cc12)[C@@H](O)[C@H](O)[C@H](O)CO. The van der Waals surface area contributed by atoms with Crippen molar-refractivity contribution in [3.8, 4) is 22.9 Å². The molecule has 9 N–H and O–H groups in total. The molecule has 0 unspecified atom stereocenters. The van der Waals surface area contributed by atoms with E-state index in [2.05, 4.69) is 10.3 Å². The third-order valence-corrected chi connectivity index (χ3v) is 10.6. The summed E-state index contributed by atoms with van der Waals surface area (Å²) in [6.45, 7) is 2.40. The Kier molecular flexibility index (Phi) is 10.4. The van der Waals surface area contributed by atoms with Gasteiger partial charge in [0.1, 0.15) is 65.2 Å². The highest BCUT2D eigenvalue weighted by atomic mass is 17.2. The van der Waals surface area contributed by atoms with Gasteiger partial charge in [0.25, 0.3) is 0 Å². The molecule has 0 amide bonds. The highest BCUT2D eigenvalue weighted by Gasteiger charge is 2.47. The summed E-state index contributed by atoms with van der Waals surface area (Å²) in [5, 5.41) is 79.7. The van der Waals surface area contributed by atoms with Gasteiger partial charge in [0.2, 0.25) is 0 Å². The molecule has 15 nitrogen and oxygen atoms in total. The number of aromatic amines is 1. The molecule has 0 saturated carbocycles. The van der Waals surface area contributed by atoms with Gasteiger partial charge < -0.3 is 59.8 Å². The standard InChI is InChI=1S/C40H45N3O12/c1-21-12-31(47)28-13-24-14-33(39(2,9-11-41-3)54-36(24)34(37(28)53-21)43-17-23-8-10-42-29(23)18-43)55-52-20-40(51,38(50)35(49)32(48)19-44)16-22-4-7-30(46)26-6-5-25(45)15-27(22)26/h4-8,10,12-13,15,17-18,32-33,35,38,41-42,44-46,48-51H,9,11,14,16,19-20H2,1-3H3/t32-,33-,35-,38+,39+,40+/m1/s1. The number of H-pyrrole nitrogens is 1. The monoisotopic (exact) mass is 759 g/mol. The number of phenolic OH excluding ortho intramolecular Hbond substituents is 2. The molecular formula is C40H45N3O12. The van der Waals surface area contributed by atoms with Crippen LogP contribution in [0.1, 0.15) is 30.2 Å². The first-order valence-corrected chi connectivity index (χ1v) is 17.9. The second-order valence-corrected chi connectivity index (χ2v) is 14.6. The normalized spacial score (nSPS) is 20.0. The van der Waals surface area contributed by atoms with Gasteiger partial charge in [-0.05, 0) is 74.8 Å². The number of benzene rings is 3. The van der Waals surface area contributed by atoms with Gasteiger partial charge in [-0.25, -0.2) is 9.78 Å². The molecule has 1 aliphatic heterocycles. The van der Waals surface area contributed by atoms with E-state index in [4.69, 9.17) is 18.9 Å². The Morgan fingerprint density at radius 1 is 1.07 bits per heavy atom. The van der Waals surface area contributed by atoms with Crippen molar-refractivity contribution in [2.75, 3.05) is 26.8 Å². The number of nitrogens with zero attached hydrogens (tertiary/aromatic N) is 1. The van der Waals surface area contributed by atoms with Crippen LogP contribution in [0.3, 0.4) is 0 Å². The number of ether oxygens (including phenoxy) is 1. The van der Waals surface area contributed by atoms with Crippen LogP contribution >= 0.6 is 0 Å². The van der Waals surface area contributed by atoms with E-state index in [-0.39, 0.29) is 23.3 Å². The molecule has 0 aliphatic carbocycles. The number of aromatic hydroxyl groups is 2. The van der Waals surface area contributed by atoms with Crippen molar-refractivity contribution in [1.82, 2.24) is 14.9 Å². The van der Waals surface area contributed by atoms with Crippen LogP contribution < -0.4 is 15.5 Å². The van der Waals surface area contributed by atoms with Crippen LogP contribution in [0.4, 0.5) is 0 Å².